The first-order valence-electron chi connectivity index (χ1n) is 4.49. The molecule has 0 unspecified atom stereocenters. The van der Waals surface area contributed by atoms with Crippen LogP contribution in [0.1, 0.15) is 23.0 Å². The molecule has 2 aromatic rings. The van der Waals surface area contributed by atoms with Gasteiger partial charge in [0, 0.05) is 16.5 Å². The molecule has 1 aromatic carbocycles. The minimum Gasteiger partial charge on any atom is -0.477 e. The Balaban J connectivity index is 2.60. The first-order chi connectivity index (χ1) is 7.20. The smallest absolute Gasteiger partial charge is 0.352 e. The summed E-state index contributed by atoms with van der Waals surface area (Å²) in [6, 6.07) is 7.18. The van der Waals surface area contributed by atoms with E-state index in [1.807, 2.05) is 18.2 Å². The second kappa shape index (κ2) is 3.50. The summed E-state index contributed by atoms with van der Waals surface area (Å²) < 4.78 is 0. The Bertz CT molecular complexity index is 584. The van der Waals surface area contributed by atoms with Gasteiger partial charge in [-0.2, -0.15) is 0 Å². The van der Waals surface area contributed by atoms with Gasteiger partial charge in [0.05, 0.1) is 0 Å². The van der Waals surface area contributed by atoms with Gasteiger partial charge in [-0.05, 0) is 31.2 Å². The fraction of sp³-hybridized carbons (Fsp3) is 0.0833. The number of hydrogen-bond acceptors (Lipinski definition) is 1. The Labute approximate surface area is 86.7 Å². The monoisotopic (exact) mass is 199 g/mol. The molecule has 0 aliphatic carbocycles. The molecule has 0 bridgehead atoms. The van der Waals surface area contributed by atoms with Crippen molar-refractivity contribution in [3.05, 3.63) is 35.5 Å². The molecule has 0 radical (unpaired) electrons. The second-order valence-electron chi connectivity index (χ2n) is 3.17. The predicted octanol–water partition coefficient (Wildman–Crippen LogP) is 2.24. The van der Waals surface area contributed by atoms with Crippen molar-refractivity contribution in [1.29, 1.82) is 0 Å². The number of benzene rings is 1. The van der Waals surface area contributed by atoms with Gasteiger partial charge in [-0.25, -0.2) is 4.79 Å². The third-order valence-electron chi connectivity index (χ3n) is 2.12. The number of aromatic nitrogens is 1. The SMILES string of the molecule is CC#Cc1ccc2[nH]c(C(=O)O)cc2c1. The van der Waals surface area contributed by atoms with E-state index in [4.69, 9.17) is 5.11 Å². The van der Waals surface area contributed by atoms with Gasteiger partial charge in [-0.15, -0.1) is 5.92 Å². The lowest BCUT2D eigenvalue weighted by atomic mass is 10.1. The van der Waals surface area contributed by atoms with E-state index < -0.39 is 5.97 Å². The van der Waals surface area contributed by atoms with Crippen molar-refractivity contribution in [2.45, 2.75) is 6.92 Å². The van der Waals surface area contributed by atoms with Crippen molar-refractivity contribution < 1.29 is 9.90 Å². The van der Waals surface area contributed by atoms with Crippen LogP contribution in [0.25, 0.3) is 10.9 Å². The minimum atomic E-state index is -0.950. The first-order valence-corrected chi connectivity index (χ1v) is 4.49. The molecule has 0 fully saturated rings. The highest BCUT2D eigenvalue weighted by molar-refractivity contribution is 5.94. The Morgan fingerprint density at radius 1 is 1.40 bits per heavy atom. The molecule has 3 nitrogen and oxygen atoms in total. The maximum Gasteiger partial charge on any atom is 0.352 e. The van der Waals surface area contributed by atoms with Gasteiger partial charge in [0.1, 0.15) is 5.69 Å². The first kappa shape index (κ1) is 9.35. The van der Waals surface area contributed by atoms with Crippen molar-refractivity contribution in [3.8, 4) is 11.8 Å². The average Bonchev–Trinajstić information content (AvgIpc) is 2.61. The number of aromatic amines is 1. The molecular weight excluding hydrogens is 190 g/mol. The Hall–Kier alpha value is -2.21. The zero-order valence-corrected chi connectivity index (χ0v) is 8.16. The standard InChI is InChI=1S/C12H9NO2/c1-2-3-8-4-5-10-9(6-8)7-11(13-10)12(14)15/h4-7,13H,1H3,(H,14,15). The Morgan fingerprint density at radius 3 is 2.87 bits per heavy atom. The maximum atomic E-state index is 10.7. The van der Waals surface area contributed by atoms with Crippen LogP contribution in [0.15, 0.2) is 24.3 Å². The number of carboxylic acids is 1. The quantitative estimate of drug-likeness (QED) is 0.692. The van der Waals surface area contributed by atoms with Gasteiger partial charge in [-0.3, -0.25) is 0 Å². The molecule has 0 aliphatic heterocycles. The van der Waals surface area contributed by atoms with E-state index in [0.717, 1.165) is 16.5 Å². The van der Waals surface area contributed by atoms with E-state index >= 15 is 0 Å². The molecule has 3 heteroatoms. The molecule has 0 amide bonds. The molecule has 0 aliphatic rings. The van der Waals surface area contributed by atoms with Crippen molar-refractivity contribution in [3.63, 3.8) is 0 Å². The third kappa shape index (κ3) is 1.70. The van der Waals surface area contributed by atoms with Crippen LogP contribution < -0.4 is 0 Å². The molecule has 2 N–H and O–H groups in total. The summed E-state index contributed by atoms with van der Waals surface area (Å²) in [4.78, 5) is 13.5. The summed E-state index contributed by atoms with van der Waals surface area (Å²) in [6.45, 7) is 1.77. The number of H-pyrrole nitrogens is 1. The molecule has 15 heavy (non-hydrogen) atoms. The zero-order chi connectivity index (χ0) is 10.8. The van der Waals surface area contributed by atoms with Crippen LogP contribution in [-0.2, 0) is 0 Å². The van der Waals surface area contributed by atoms with Crippen LogP contribution in [-0.4, -0.2) is 16.1 Å². The lowest BCUT2D eigenvalue weighted by Crippen LogP contribution is -1.94. The number of nitrogens with one attached hydrogen (secondary N) is 1. The van der Waals surface area contributed by atoms with Gasteiger partial charge in [0.2, 0.25) is 0 Å². The highest BCUT2D eigenvalue weighted by Gasteiger charge is 2.06. The fourth-order valence-corrected chi connectivity index (χ4v) is 1.47. The molecule has 2 rings (SSSR count). The number of rotatable bonds is 1. The number of carboxylic acid groups (broad SMARTS) is 1. The van der Waals surface area contributed by atoms with Gasteiger partial charge in [-0.1, -0.05) is 5.92 Å². The molecular formula is C12H9NO2. The van der Waals surface area contributed by atoms with E-state index in [0.29, 0.717) is 0 Å². The number of aromatic carboxylic acids is 1. The molecule has 0 spiro atoms. The molecule has 0 saturated heterocycles. The molecule has 1 heterocycles. The molecule has 1 aromatic heterocycles. The third-order valence-corrected chi connectivity index (χ3v) is 2.12. The summed E-state index contributed by atoms with van der Waals surface area (Å²) in [5.41, 5.74) is 1.90. The number of hydrogen-bond donors (Lipinski definition) is 2. The predicted molar refractivity (Wildman–Crippen MR) is 57.8 cm³/mol. The number of carbonyl (C=O) groups is 1. The highest BCUT2D eigenvalue weighted by atomic mass is 16.4. The van der Waals surface area contributed by atoms with Gasteiger partial charge in [0.25, 0.3) is 0 Å². The lowest BCUT2D eigenvalue weighted by molar-refractivity contribution is 0.0691. The van der Waals surface area contributed by atoms with Crippen LogP contribution in [0, 0.1) is 11.8 Å². The second-order valence-corrected chi connectivity index (χ2v) is 3.17. The normalized spacial score (nSPS) is 9.67. The van der Waals surface area contributed by atoms with Crippen LogP contribution in [0.3, 0.4) is 0 Å². The van der Waals surface area contributed by atoms with Crippen molar-refractivity contribution in [1.82, 2.24) is 4.98 Å². The molecule has 0 saturated carbocycles. The highest BCUT2D eigenvalue weighted by Crippen LogP contribution is 2.16. The largest absolute Gasteiger partial charge is 0.477 e. The van der Waals surface area contributed by atoms with Crippen LogP contribution in [0.5, 0.6) is 0 Å². The topological polar surface area (TPSA) is 53.1 Å². The fourth-order valence-electron chi connectivity index (χ4n) is 1.47. The van der Waals surface area contributed by atoms with E-state index in [-0.39, 0.29) is 5.69 Å². The van der Waals surface area contributed by atoms with Crippen molar-refractivity contribution in [2.24, 2.45) is 0 Å². The number of fused-ring (bicyclic) bond motifs is 1. The van der Waals surface area contributed by atoms with E-state index in [2.05, 4.69) is 16.8 Å². The lowest BCUT2D eigenvalue weighted by Gasteiger charge is -1.90. The van der Waals surface area contributed by atoms with Gasteiger partial charge in [0.15, 0.2) is 0 Å². The molecule has 74 valence electrons. The van der Waals surface area contributed by atoms with E-state index in [1.54, 1.807) is 13.0 Å². The van der Waals surface area contributed by atoms with E-state index in [1.165, 1.54) is 0 Å². The summed E-state index contributed by atoms with van der Waals surface area (Å²) in [6.07, 6.45) is 0. The van der Waals surface area contributed by atoms with Crippen LogP contribution >= 0.6 is 0 Å². The summed E-state index contributed by atoms with van der Waals surface area (Å²) in [5, 5.41) is 9.67. The van der Waals surface area contributed by atoms with Gasteiger partial charge >= 0.3 is 5.97 Å². The zero-order valence-electron chi connectivity index (χ0n) is 8.16. The van der Waals surface area contributed by atoms with E-state index in [9.17, 15) is 4.79 Å². The van der Waals surface area contributed by atoms with Crippen molar-refractivity contribution >= 4 is 16.9 Å². The van der Waals surface area contributed by atoms with Crippen molar-refractivity contribution in [2.75, 3.05) is 0 Å². The van der Waals surface area contributed by atoms with Crippen LogP contribution in [0.4, 0.5) is 0 Å². The average molecular weight is 199 g/mol. The van der Waals surface area contributed by atoms with Crippen LogP contribution in [0.2, 0.25) is 0 Å². The summed E-state index contributed by atoms with van der Waals surface area (Å²) in [7, 11) is 0. The molecule has 0 atom stereocenters. The maximum absolute atomic E-state index is 10.7. The Kier molecular flexibility index (Phi) is 2.18. The minimum absolute atomic E-state index is 0.201. The van der Waals surface area contributed by atoms with Gasteiger partial charge < -0.3 is 10.1 Å². The summed E-state index contributed by atoms with van der Waals surface area (Å²) in [5.74, 6) is 4.78. The Morgan fingerprint density at radius 2 is 2.20 bits per heavy atom. The summed E-state index contributed by atoms with van der Waals surface area (Å²) >= 11 is 0.